The van der Waals surface area contributed by atoms with Gasteiger partial charge in [0, 0.05) is 23.8 Å². The van der Waals surface area contributed by atoms with E-state index in [1.165, 1.54) is 17.5 Å². The van der Waals surface area contributed by atoms with Gasteiger partial charge in [-0.1, -0.05) is 18.7 Å². The number of hydrogen-bond donors (Lipinski definition) is 1. The predicted octanol–water partition coefficient (Wildman–Crippen LogP) is 4.68. The molecule has 1 atom stereocenters. The second kappa shape index (κ2) is 9.06. The van der Waals surface area contributed by atoms with Crippen molar-refractivity contribution in [1.29, 1.82) is 0 Å². The van der Waals surface area contributed by atoms with Crippen LogP contribution in [0.1, 0.15) is 22.2 Å². The van der Waals surface area contributed by atoms with E-state index in [1.54, 1.807) is 29.6 Å². The largest absolute Gasteiger partial charge is 0.457 e. The number of nitrogens with zero attached hydrogens (tertiary/aromatic N) is 2. The Balaban J connectivity index is 1.53. The normalized spacial score (nSPS) is 12.3. The molecule has 0 aliphatic heterocycles. The lowest BCUT2D eigenvalue weighted by Crippen LogP contribution is -2.13. The molecule has 1 N–H and O–H groups in total. The number of hydrogen-bond acceptors (Lipinski definition) is 7. The predicted molar refractivity (Wildman–Crippen MR) is 102 cm³/mol. The van der Waals surface area contributed by atoms with Crippen LogP contribution in [0.25, 0.3) is 0 Å². The van der Waals surface area contributed by atoms with Gasteiger partial charge in [-0.3, -0.25) is 0 Å². The number of aliphatic hydroxyl groups excluding tert-OH is 1. The van der Waals surface area contributed by atoms with E-state index in [1.807, 2.05) is 0 Å². The van der Waals surface area contributed by atoms with E-state index >= 15 is 0 Å². The smallest absolute Gasteiger partial charge is 0.417 e. The van der Waals surface area contributed by atoms with Crippen molar-refractivity contribution in [3.63, 3.8) is 0 Å². The molecule has 1 unspecified atom stereocenters. The van der Waals surface area contributed by atoms with E-state index in [0.29, 0.717) is 22.5 Å². The Morgan fingerprint density at radius 3 is 2.47 bits per heavy atom. The number of thiazole rings is 1. The summed E-state index contributed by atoms with van der Waals surface area (Å²) in [6, 6.07) is 8.35. The van der Waals surface area contributed by atoms with Crippen molar-refractivity contribution in [2.45, 2.75) is 18.9 Å². The fourth-order valence-corrected chi connectivity index (χ4v) is 2.91. The molecule has 0 radical (unpaired) electrons. The minimum absolute atomic E-state index is 0.00894. The molecule has 0 bridgehead atoms. The van der Waals surface area contributed by atoms with Crippen molar-refractivity contribution in [3.05, 3.63) is 82.5 Å². The summed E-state index contributed by atoms with van der Waals surface area (Å²) in [5.74, 6) is -0.400. The van der Waals surface area contributed by atoms with E-state index in [0.717, 1.165) is 12.1 Å². The Bertz CT molecular complexity index is 1000. The molecule has 10 heteroatoms. The number of alkyl halides is 3. The third-order valence-corrected chi connectivity index (χ3v) is 4.68. The average Bonchev–Trinajstić information content (AvgIpc) is 3.26. The van der Waals surface area contributed by atoms with E-state index in [-0.39, 0.29) is 18.1 Å². The Labute approximate surface area is 173 Å². The monoisotopic (exact) mass is 436 g/mol. The maximum atomic E-state index is 12.5. The Kier molecular flexibility index (Phi) is 6.48. The number of rotatable bonds is 7. The van der Waals surface area contributed by atoms with Gasteiger partial charge in [-0.25, -0.2) is 14.8 Å². The Hall–Kier alpha value is -3.24. The lowest BCUT2D eigenvalue weighted by molar-refractivity contribution is -0.141. The standard InChI is InChI=1S/C20H15F3N2O4S/c1-12(17(26)18-24-8-9-30-18)19(27)28-11-13-2-5-15(6-3-13)29-16-7-4-14(10-25-16)20(21,22)23/h2-10,17,26H,1,11H2. The molecule has 2 heterocycles. The van der Waals surface area contributed by atoms with Gasteiger partial charge in [0.2, 0.25) is 5.88 Å². The fraction of sp³-hybridized carbons (Fsp3) is 0.150. The van der Waals surface area contributed by atoms with Crippen LogP contribution in [0.5, 0.6) is 11.6 Å². The van der Waals surface area contributed by atoms with Crippen LogP contribution >= 0.6 is 11.3 Å². The van der Waals surface area contributed by atoms with E-state index in [2.05, 4.69) is 16.5 Å². The van der Waals surface area contributed by atoms with Crippen LogP contribution < -0.4 is 4.74 Å². The zero-order valence-electron chi connectivity index (χ0n) is 15.3. The van der Waals surface area contributed by atoms with Gasteiger partial charge in [0.15, 0.2) is 0 Å². The molecular weight excluding hydrogens is 421 g/mol. The van der Waals surface area contributed by atoms with Gasteiger partial charge in [0.1, 0.15) is 23.5 Å². The third kappa shape index (κ3) is 5.43. The van der Waals surface area contributed by atoms with Crippen LogP contribution in [-0.4, -0.2) is 21.0 Å². The highest BCUT2D eigenvalue weighted by atomic mass is 32.1. The zero-order chi connectivity index (χ0) is 21.7. The lowest BCUT2D eigenvalue weighted by Gasteiger charge is -2.11. The van der Waals surface area contributed by atoms with Crippen molar-refractivity contribution in [2.75, 3.05) is 0 Å². The summed E-state index contributed by atoms with van der Waals surface area (Å²) in [4.78, 5) is 19.6. The summed E-state index contributed by atoms with van der Waals surface area (Å²) in [7, 11) is 0. The van der Waals surface area contributed by atoms with Crippen LogP contribution in [0, 0.1) is 0 Å². The molecule has 6 nitrogen and oxygen atoms in total. The van der Waals surface area contributed by atoms with Gasteiger partial charge in [0.25, 0.3) is 0 Å². The molecular formula is C20H15F3N2O4S. The molecule has 0 aliphatic carbocycles. The number of carbonyl (C=O) groups is 1. The molecule has 1 aromatic carbocycles. The summed E-state index contributed by atoms with van der Waals surface area (Å²) < 4.78 is 48.2. The number of pyridine rings is 1. The average molecular weight is 436 g/mol. The quantitative estimate of drug-likeness (QED) is 0.428. The first kappa shape index (κ1) is 21.5. The molecule has 3 aromatic rings. The molecule has 0 saturated heterocycles. The molecule has 2 aromatic heterocycles. The van der Waals surface area contributed by atoms with E-state index in [4.69, 9.17) is 9.47 Å². The topological polar surface area (TPSA) is 81.5 Å². The Morgan fingerprint density at radius 2 is 1.90 bits per heavy atom. The first-order chi connectivity index (χ1) is 14.2. The van der Waals surface area contributed by atoms with Gasteiger partial charge in [-0.05, 0) is 23.8 Å². The minimum atomic E-state index is -4.47. The molecule has 0 aliphatic rings. The molecule has 0 saturated carbocycles. The van der Waals surface area contributed by atoms with Crippen LogP contribution in [0.4, 0.5) is 13.2 Å². The highest BCUT2D eigenvalue weighted by molar-refractivity contribution is 7.09. The molecule has 0 spiro atoms. The van der Waals surface area contributed by atoms with Crippen molar-refractivity contribution in [2.24, 2.45) is 0 Å². The molecule has 3 rings (SSSR count). The maximum absolute atomic E-state index is 12.5. The van der Waals surface area contributed by atoms with E-state index in [9.17, 15) is 23.1 Å². The number of esters is 1. The summed E-state index contributed by atoms with van der Waals surface area (Å²) in [5, 5.41) is 12.1. The highest BCUT2D eigenvalue weighted by Gasteiger charge is 2.30. The number of halogens is 3. The molecule has 0 amide bonds. The summed E-state index contributed by atoms with van der Waals surface area (Å²) in [6.07, 6.45) is -3.50. The molecule has 156 valence electrons. The second-order valence-electron chi connectivity index (χ2n) is 6.00. The molecule has 0 fully saturated rings. The van der Waals surface area contributed by atoms with Crippen LogP contribution in [0.15, 0.2) is 66.3 Å². The van der Waals surface area contributed by atoms with Crippen molar-refractivity contribution in [1.82, 2.24) is 9.97 Å². The highest BCUT2D eigenvalue weighted by Crippen LogP contribution is 2.30. The third-order valence-electron chi connectivity index (χ3n) is 3.86. The van der Waals surface area contributed by atoms with Crippen LogP contribution in [0.3, 0.4) is 0 Å². The van der Waals surface area contributed by atoms with Crippen LogP contribution in [0.2, 0.25) is 0 Å². The summed E-state index contributed by atoms with van der Waals surface area (Å²) >= 11 is 1.19. The Morgan fingerprint density at radius 1 is 1.17 bits per heavy atom. The van der Waals surface area contributed by atoms with Gasteiger partial charge in [-0.15, -0.1) is 11.3 Å². The van der Waals surface area contributed by atoms with Crippen LogP contribution in [-0.2, 0) is 22.3 Å². The number of aromatic nitrogens is 2. The zero-order valence-corrected chi connectivity index (χ0v) is 16.1. The van der Waals surface area contributed by atoms with Gasteiger partial charge in [-0.2, -0.15) is 13.2 Å². The maximum Gasteiger partial charge on any atom is 0.417 e. The van der Waals surface area contributed by atoms with Gasteiger partial charge < -0.3 is 14.6 Å². The first-order valence-corrected chi connectivity index (χ1v) is 9.35. The molecule has 30 heavy (non-hydrogen) atoms. The second-order valence-corrected chi connectivity index (χ2v) is 6.93. The lowest BCUT2D eigenvalue weighted by atomic mass is 10.2. The number of ether oxygens (including phenoxy) is 2. The van der Waals surface area contributed by atoms with E-state index < -0.39 is 23.8 Å². The van der Waals surface area contributed by atoms with Gasteiger partial charge in [0.05, 0.1) is 11.1 Å². The number of benzene rings is 1. The van der Waals surface area contributed by atoms with Gasteiger partial charge >= 0.3 is 12.1 Å². The summed E-state index contributed by atoms with van der Waals surface area (Å²) in [6.45, 7) is 3.48. The minimum Gasteiger partial charge on any atom is -0.457 e. The summed E-state index contributed by atoms with van der Waals surface area (Å²) in [5.41, 5.74) is -0.362. The van der Waals surface area contributed by atoms with Crippen molar-refractivity contribution < 1.29 is 32.5 Å². The number of aliphatic hydroxyl groups is 1. The van der Waals surface area contributed by atoms with Crippen molar-refractivity contribution in [3.8, 4) is 11.6 Å². The SMILES string of the molecule is C=C(C(=O)OCc1ccc(Oc2ccc(C(F)(F)F)cn2)cc1)C(O)c1nccs1. The van der Waals surface area contributed by atoms with Crippen molar-refractivity contribution >= 4 is 17.3 Å². The number of carbonyl (C=O) groups excluding carboxylic acids is 1. The fourth-order valence-electron chi connectivity index (χ4n) is 2.25. The first-order valence-electron chi connectivity index (χ1n) is 8.47.